The summed E-state index contributed by atoms with van der Waals surface area (Å²) < 4.78 is 0. The van der Waals surface area contributed by atoms with Crippen molar-refractivity contribution in [3.05, 3.63) is 0 Å². The summed E-state index contributed by atoms with van der Waals surface area (Å²) in [6, 6.07) is 0. The Kier molecular flexibility index (Phi) is 6.87. The van der Waals surface area contributed by atoms with Crippen molar-refractivity contribution in [2.45, 2.75) is 39.5 Å². The molecule has 1 saturated heterocycles. The fourth-order valence-electron chi connectivity index (χ4n) is 1.95. The second kappa shape index (κ2) is 6.73. The van der Waals surface area contributed by atoms with Crippen LogP contribution in [0.1, 0.15) is 39.5 Å². The lowest BCUT2D eigenvalue weighted by molar-refractivity contribution is 0.318. The van der Waals surface area contributed by atoms with Gasteiger partial charge in [0.2, 0.25) is 0 Å². The van der Waals surface area contributed by atoms with Crippen LogP contribution < -0.4 is 5.32 Å². The first-order chi connectivity index (χ1) is 5.34. The maximum Gasteiger partial charge on any atom is -0.00462 e. The minimum Gasteiger partial charge on any atom is -0.317 e. The van der Waals surface area contributed by atoms with Crippen molar-refractivity contribution in [3.63, 3.8) is 0 Å². The van der Waals surface area contributed by atoms with E-state index in [0.717, 1.165) is 11.8 Å². The van der Waals surface area contributed by atoms with Crippen molar-refractivity contribution in [1.29, 1.82) is 0 Å². The molecule has 1 aliphatic rings. The van der Waals surface area contributed by atoms with Crippen LogP contribution in [0.2, 0.25) is 0 Å². The van der Waals surface area contributed by atoms with Crippen LogP contribution in [-0.4, -0.2) is 13.1 Å². The molecule has 2 atom stereocenters. The van der Waals surface area contributed by atoms with Crippen LogP contribution in [0.3, 0.4) is 0 Å². The first kappa shape index (κ1) is 12.2. The molecule has 0 aliphatic carbocycles. The van der Waals surface area contributed by atoms with Gasteiger partial charge in [0.1, 0.15) is 0 Å². The summed E-state index contributed by atoms with van der Waals surface area (Å²) >= 11 is 0. The van der Waals surface area contributed by atoms with E-state index in [0.29, 0.717) is 0 Å². The lowest BCUT2D eigenvalue weighted by atomic mass is 9.86. The predicted octanol–water partition coefficient (Wildman–Crippen LogP) is 2.84. The van der Waals surface area contributed by atoms with Gasteiger partial charge in [-0.15, -0.1) is 12.4 Å². The Labute approximate surface area is 82.7 Å². The average molecular weight is 192 g/mol. The Morgan fingerprint density at radius 3 is 2.75 bits per heavy atom. The van der Waals surface area contributed by atoms with Crippen molar-refractivity contribution in [2.24, 2.45) is 11.8 Å². The van der Waals surface area contributed by atoms with Gasteiger partial charge in [-0.05, 0) is 44.2 Å². The van der Waals surface area contributed by atoms with Crippen LogP contribution in [0.15, 0.2) is 0 Å². The summed E-state index contributed by atoms with van der Waals surface area (Å²) in [5.41, 5.74) is 0. The van der Waals surface area contributed by atoms with Crippen LogP contribution in [0, 0.1) is 11.8 Å². The lowest BCUT2D eigenvalue weighted by Gasteiger charge is -2.20. The van der Waals surface area contributed by atoms with Gasteiger partial charge in [0.05, 0.1) is 0 Å². The Hall–Kier alpha value is 0.250. The second-order valence-corrected chi connectivity index (χ2v) is 3.83. The number of rotatable bonds is 2. The summed E-state index contributed by atoms with van der Waals surface area (Å²) in [6.07, 6.45) is 5.58. The summed E-state index contributed by atoms with van der Waals surface area (Å²) in [6.45, 7) is 7.20. The molecule has 1 rings (SSSR count). The number of nitrogens with one attached hydrogen (secondary N) is 1. The molecule has 2 heteroatoms. The third kappa shape index (κ3) is 3.77. The molecule has 74 valence electrons. The van der Waals surface area contributed by atoms with E-state index < -0.39 is 0 Å². The lowest BCUT2D eigenvalue weighted by Crippen LogP contribution is -2.16. The molecule has 2 unspecified atom stereocenters. The molecule has 1 aliphatic heterocycles. The SMILES string of the molecule is CCC(C)C1CCCNCC1.Cl. The maximum absolute atomic E-state index is 3.46. The molecule has 1 heterocycles. The van der Waals surface area contributed by atoms with Gasteiger partial charge in [0.25, 0.3) is 0 Å². The smallest absolute Gasteiger partial charge is 0.00462 e. The minimum atomic E-state index is 0. The van der Waals surface area contributed by atoms with E-state index in [2.05, 4.69) is 19.2 Å². The molecule has 1 nitrogen and oxygen atoms in total. The standard InChI is InChI=1S/C10H21N.ClH/c1-3-9(2)10-5-4-7-11-8-6-10;/h9-11H,3-8H2,1-2H3;1H. The first-order valence-electron chi connectivity index (χ1n) is 5.05. The highest BCUT2D eigenvalue weighted by Crippen LogP contribution is 2.24. The molecule has 0 bridgehead atoms. The molecule has 0 radical (unpaired) electrons. The van der Waals surface area contributed by atoms with E-state index in [-0.39, 0.29) is 12.4 Å². The van der Waals surface area contributed by atoms with Crippen LogP contribution in [-0.2, 0) is 0 Å². The minimum absolute atomic E-state index is 0. The summed E-state index contributed by atoms with van der Waals surface area (Å²) in [5, 5.41) is 3.46. The van der Waals surface area contributed by atoms with Crippen molar-refractivity contribution in [1.82, 2.24) is 5.32 Å². The molecule has 0 spiro atoms. The van der Waals surface area contributed by atoms with Crippen molar-refractivity contribution >= 4 is 12.4 Å². The van der Waals surface area contributed by atoms with Gasteiger partial charge >= 0.3 is 0 Å². The monoisotopic (exact) mass is 191 g/mol. The van der Waals surface area contributed by atoms with Crippen LogP contribution in [0.4, 0.5) is 0 Å². The first-order valence-corrected chi connectivity index (χ1v) is 5.05. The molecular weight excluding hydrogens is 170 g/mol. The Morgan fingerprint density at radius 2 is 2.08 bits per heavy atom. The highest BCUT2D eigenvalue weighted by molar-refractivity contribution is 5.85. The molecule has 12 heavy (non-hydrogen) atoms. The molecule has 1 fully saturated rings. The van der Waals surface area contributed by atoms with E-state index in [1.807, 2.05) is 0 Å². The third-order valence-electron chi connectivity index (χ3n) is 3.07. The van der Waals surface area contributed by atoms with Crippen molar-refractivity contribution in [2.75, 3.05) is 13.1 Å². The topological polar surface area (TPSA) is 12.0 Å². The van der Waals surface area contributed by atoms with E-state index in [1.54, 1.807) is 0 Å². The summed E-state index contributed by atoms with van der Waals surface area (Å²) in [7, 11) is 0. The fourth-order valence-corrected chi connectivity index (χ4v) is 1.95. The Morgan fingerprint density at radius 1 is 1.33 bits per heavy atom. The van der Waals surface area contributed by atoms with Gasteiger partial charge in [-0.25, -0.2) is 0 Å². The number of hydrogen-bond acceptors (Lipinski definition) is 1. The highest BCUT2D eigenvalue weighted by Gasteiger charge is 2.16. The second-order valence-electron chi connectivity index (χ2n) is 3.83. The normalized spacial score (nSPS) is 27.0. The third-order valence-corrected chi connectivity index (χ3v) is 3.07. The van der Waals surface area contributed by atoms with Crippen LogP contribution in [0.5, 0.6) is 0 Å². The van der Waals surface area contributed by atoms with E-state index in [4.69, 9.17) is 0 Å². The van der Waals surface area contributed by atoms with Gasteiger partial charge in [-0.3, -0.25) is 0 Å². The van der Waals surface area contributed by atoms with Crippen molar-refractivity contribution < 1.29 is 0 Å². The van der Waals surface area contributed by atoms with Crippen LogP contribution >= 0.6 is 12.4 Å². The van der Waals surface area contributed by atoms with Gasteiger partial charge in [-0.1, -0.05) is 20.3 Å². The Balaban J connectivity index is 0.00000121. The summed E-state index contributed by atoms with van der Waals surface area (Å²) in [5.74, 6) is 1.94. The molecule has 0 aromatic heterocycles. The fraction of sp³-hybridized carbons (Fsp3) is 1.00. The van der Waals surface area contributed by atoms with Gasteiger partial charge < -0.3 is 5.32 Å². The summed E-state index contributed by atoms with van der Waals surface area (Å²) in [4.78, 5) is 0. The highest BCUT2D eigenvalue weighted by atomic mass is 35.5. The predicted molar refractivity (Wildman–Crippen MR) is 56.9 cm³/mol. The molecule has 0 aromatic carbocycles. The van der Waals surface area contributed by atoms with Crippen LogP contribution in [0.25, 0.3) is 0 Å². The van der Waals surface area contributed by atoms with Gasteiger partial charge in [0.15, 0.2) is 0 Å². The molecule has 1 N–H and O–H groups in total. The van der Waals surface area contributed by atoms with Gasteiger partial charge in [-0.2, -0.15) is 0 Å². The molecule has 0 amide bonds. The average Bonchev–Trinajstić information content (AvgIpc) is 2.30. The number of halogens is 1. The zero-order valence-electron chi connectivity index (χ0n) is 8.31. The van der Waals surface area contributed by atoms with E-state index in [1.165, 1.54) is 38.8 Å². The zero-order chi connectivity index (χ0) is 8.10. The molecular formula is C10H22ClN. The van der Waals surface area contributed by atoms with E-state index >= 15 is 0 Å². The molecule has 0 aromatic rings. The zero-order valence-corrected chi connectivity index (χ0v) is 9.12. The Bertz CT molecular complexity index is 98.0. The van der Waals surface area contributed by atoms with Gasteiger partial charge in [0, 0.05) is 0 Å². The maximum atomic E-state index is 3.46. The number of hydrogen-bond donors (Lipinski definition) is 1. The molecule has 0 saturated carbocycles. The van der Waals surface area contributed by atoms with Crippen molar-refractivity contribution in [3.8, 4) is 0 Å². The van der Waals surface area contributed by atoms with E-state index in [9.17, 15) is 0 Å². The largest absolute Gasteiger partial charge is 0.317 e. The quantitative estimate of drug-likeness (QED) is 0.708.